The van der Waals surface area contributed by atoms with Crippen LogP contribution in [-0.2, 0) is 0 Å². The van der Waals surface area contributed by atoms with Gasteiger partial charge in [0.1, 0.15) is 11.3 Å². The molecule has 7 nitrogen and oxygen atoms in total. The van der Waals surface area contributed by atoms with E-state index in [2.05, 4.69) is 99.8 Å². The van der Waals surface area contributed by atoms with Gasteiger partial charge in [0.15, 0.2) is 17.5 Å². The Hall–Kier alpha value is -6.34. The Morgan fingerprint density at radius 2 is 1.39 bits per heavy atom. The van der Waals surface area contributed by atoms with Crippen LogP contribution in [0, 0.1) is 0 Å². The van der Waals surface area contributed by atoms with Crippen LogP contribution in [0.2, 0.25) is 0 Å². The number of nitrogens with one attached hydrogen (secondary N) is 1. The molecule has 7 heteroatoms. The second-order valence-electron chi connectivity index (χ2n) is 11.2. The fourth-order valence-electron chi connectivity index (χ4n) is 6.22. The molecular weight excluding hydrogens is 568 g/mol. The molecule has 0 radical (unpaired) electrons. The maximum atomic E-state index is 6.56. The molecule has 4 aromatic carbocycles. The molecule has 0 unspecified atom stereocenters. The lowest BCUT2D eigenvalue weighted by Crippen LogP contribution is -2.10. The Labute approximate surface area is 264 Å². The molecule has 0 atom stereocenters. The third-order valence-corrected chi connectivity index (χ3v) is 8.41. The highest BCUT2D eigenvalue weighted by atomic mass is 16.3. The number of furan rings is 1. The summed E-state index contributed by atoms with van der Waals surface area (Å²) in [5, 5.41) is 6.53. The predicted octanol–water partition coefficient (Wildman–Crippen LogP) is 8.61. The summed E-state index contributed by atoms with van der Waals surface area (Å²) in [7, 11) is 0. The Balaban J connectivity index is 1.18. The van der Waals surface area contributed by atoms with Gasteiger partial charge in [-0.3, -0.25) is 4.98 Å². The molecule has 4 aromatic heterocycles. The SMILES string of the molecule is C1=CC(c2nc(-c3ccncc3)nc(-c3ccc(-n4c5ccccc5c5c6oc(-c7ccccc7)cc6ccc54)cc3)n2)=CCN1. The van der Waals surface area contributed by atoms with E-state index in [0.29, 0.717) is 17.5 Å². The lowest BCUT2D eigenvalue weighted by molar-refractivity contribution is 0.635. The molecule has 5 heterocycles. The lowest BCUT2D eigenvalue weighted by atomic mass is 10.1. The summed E-state index contributed by atoms with van der Waals surface area (Å²) in [4.78, 5) is 18.8. The first-order valence-corrected chi connectivity index (χ1v) is 15.2. The highest BCUT2D eigenvalue weighted by molar-refractivity contribution is 6.20. The molecule has 0 fully saturated rings. The Kier molecular flexibility index (Phi) is 6.06. The summed E-state index contributed by atoms with van der Waals surface area (Å²) in [5.41, 5.74) is 7.95. The van der Waals surface area contributed by atoms with Gasteiger partial charge < -0.3 is 14.3 Å². The van der Waals surface area contributed by atoms with Crippen molar-refractivity contribution in [3.05, 3.63) is 146 Å². The first-order valence-electron chi connectivity index (χ1n) is 15.2. The molecule has 0 bridgehead atoms. The number of dihydropyridines is 1. The van der Waals surface area contributed by atoms with Gasteiger partial charge in [-0.15, -0.1) is 0 Å². The molecule has 0 amide bonds. The standard InChI is InChI=1S/C39H26N6O/c1-2-6-25(7-3-1)34-24-29-12-15-33-35(36(29)46-34)31-8-4-5-9-32(31)45(33)30-13-10-26(11-14-30)37-42-38(27-16-20-40-21-17-27)44-39(43-37)28-18-22-41-23-19-28/h1-22,24,41H,23H2. The number of pyridine rings is 1. The fraction of sp³-hybridized carbons (Fsp3) is 0.0256. The maximum absolute atomic E-state index is 6.56. The maximum Gasteiger partial charge on any atom is 0.164 e. The molecule has 8 aromatic rings. The van der Waals surface area contributed by atoms with Gasteiger partial charge >= 0.3 is 0 Å². The monoisotopic (exact) mass is 594 g/mol. The van der Waals surface area contributed by atoms with Crippen molar-refractivity contribution in [2.75, 3.05) is 6.54 Å². The fourth-order valence-corrected chi connectivity index (χ4v) is 6.22. The Morgan fingerprint density at radius 1 is 0.652 bits per heavy atom. The van der Waals surface area contributed by atoms with Crippen molar-refractivity contribution >= 4 is 38.3 Å². The van der Waals surface area contributed by atoms with Crippen LogP contribution in [0.5, 0.6) is 0 Å². The normalized spacial score (nSPS) is 12.9. The number of para-hydroxylation sites is 1. The van der Waals surface area contributed by atoms with Crippen molar-refractivity contribution in [1.29, 1.82) is 0 Å². The smallest absolute Gasteiger partial charge is 0.164 e. The molecular formula is C39H26N6O. The zero-order valence-electron chi connectivity index (χ0n) is 24.6. The zero-order valence-corrected chi connectivity index (χ0v) is 24.6. The van der Waals surface area contributed by atoms with Crippen molar-refractivity contribution in [2.24, 2.45) is 0 Å². The van der Waals surface area contributed by atoms with Crippen molar-refractivity contribution < 1.29 is 4.42 Å². The zero-order chi connectivity index (χ0) is 30.5. The van der Waals surface area contributed by atoms with Crippen LogP contribution in [0.4, 0.5) is 0 Å². The largest absolute Gasteiger partial charge is 0.455 e. The number of nitrogens with zero attached hydrogens (tertiary/aromatic N) is 5. The molecule has 1 aliphatic heterocycles. The first kappa shape index (κ1) is 26.1. The summed E-state index contributed by atoms with van der Waals surface area (Å²) in [6.07, 6.45) is 9.50. The summed E-state index contributed by atoms with van der Waals surface area (Å²) >= 11 is 0. The van der Waals surface area contributed by atoms with E-state index in [9.17, 15) is 0 Å². The van der Waals surface area contributed by atoms with Gasteiger partial charge in [-0.2, -0.15) is 0 Å². The van der Waals surface area contributed by atoms with Gasteiger partial charge in [0.05, 0.1) is 16.4 Å². The number of benzene rings is 4. The van der Waals surface area contributed by atoms with Crippen LogP contribution in [0.25, 0.3) is 78.1 Å². The molecule has 1 N–H and O–H groups in total. The number of rotatable bonds is 5. The van der Waals surface area contributed by atoms with Gasteiger partial charge in [0.25, 0.3) is 0 Å². The van der Waals surface area contributed by atoms with Gasteiger partial charge in [-0.05, 0) is 72.9 Å². The van der Waals surface area contributed by atoms with Gasteiger partial charge in [0, 0.05) is 57.7 Å². The second kappa shape index (κ2) is 10.7. The van der Waals surface area contributed by atoms with Crippen molar-refractivity contribution in [2.45, 2.75) is 0 Å². The van der Waals surface area contributed by atoms with E-state index in [0.717, 1.165) is 73.0 Å². The molecule has 0 spiro atoms. The van der Waals surface area contributed by atoms with Crippen LogP contribution in [0.15, 0.2) is 144 Å². The van der Waals surface area contributed by atoms with E-state index in [1.165, 1.54) is 0 Å². The highest BCUT2D eigenvalue weighted by Crippen LogP contribution is 2.40. The van der Waals surface area contributed by atoms with Crippen LogP contribution in [0.3, 0.4) is 0 Å². The summed E-state index contributed by atoms with van der Waals surface area (Å²) in [6.45, 7) is 0.725. The quantitative estimate of drug-likeness (QED) is 0.215. The van der Waals surface area contributed by atoms with Gasteiger partial charge in [-0.1, -0.05) is 54.6 Å². The number of fused-ring (bicyclic) bond motifs is 5. The average Bonchev–Trinajstić information content (AvgIpc) is 3.72. The average molecular weight is 595 g/mol. The molecule has 46 heavy (non-hydrogen) atoms. The Bertz CT molecular complexity index is 2460. The molecule has 1 aliphatic rings. The molecule has 0 saturated carbocycles. The molecule has 9 rings (SSSR count). The van der Waals surface area contributed by atoms with Crippen molar-refractivity contribution in [3.8, 4) is 39.8 Å². The van der Waals surface area contributed by atoms with Crippen molar-refractivity contribution in [1.82, 2.24) is 29.8 Å². The number of hydrogen-bond acceptors (Lipinski definition) is 6. The Morgan fingerprint density at radius 3 is 2.17 bits per heavy atom. The van der Waals surface area contributed by atoms with Gasteiger partial charge in [-0.25, -0.2) is 15.0 Å². The topological polar surface area (TPSA) is 81.7 Å². The van der Waals surface area contributed by atoms with Crippen LogP contribution in [0.1, 0.15) is 5.82 Å². The van der Waals surface area contributed by atoms with Crippen LogP contribution in [-0.4, -0.2) is 31.0 Å². The minimum atomic E-state index is 0.610. The second-order valence-corrected chi connectivity index (χ2v) is 11.2. The first-order chi connectivity index (χ1) is 22.8. The third kappa shape index (κ3) is 4.37. The number of hydrogen-bond donors (Lipinski definition) is 1. The van der Waals surface area contributed by atoms with E-state index in [4.69, 9.17) is 19.4 Å². The van der Waals surface area contributed by atoms with E-state index in [1.54, 1.807) is 12.4 Å². The molecule has 0 saturated heterocycles. The predicted molar refractivity (Wildman–Crippen MR) is 183 cm³/mol. The summed E-state index contributed by atoms with van der Waals surface area (Å²) in [5.74, 6) is 2.73. The highest BCUT2D eigenvalue weighted by Gasteiger charge is 2.19. The number of allylic oxidation sites excluding steroid dienone is 2. The van der Waals surface area contributed by atoms with Crippen molar-refractivity contribution in [3.63, 3.8) is 0 Å². The number of aromatic nitrogens is 5. The van der Waals surface area contributed by atoms with E-state index in [1.807, 2.05) is 42.6 Å². The van der Waals surface area contributed by atoms with E-state index in [-0.39, 0.29) is 0 Å². The van der Waals surface area contributed by atoms with Crippen LogP contribution >= 0.6 is 0 Å². The lowest BCUT2D eigenvalue weighted by Gasteiger charge is -2.12. The van der Waals surface area contributed by atoms with Crippen LogP contribution < -0.4 is 5.32 Å². The minimum Gasteiger partial charge on any atom is -0.455 e. The summed E-state index contributed by atoms with van der Waals surface area (Å²) < 4.78 is 8.85. The van der Waals surface area contributed by atoms with E-state index >= 15 is 0 Å². The molecule has 0 aliphatic carbocycles. The summed E-state index contributed by atoms with van der Waals surface area (Å²) in [6, 6.07) is 37.5. The minimum absolute atomic E-state index is 0.610. The van der Waals surface area contributed by atoms with E-state index < -0.39 is 0 Å². The van der Waals surface area contributed by atoms with Gasteiger partial charge in [0.2, 0.25) is 0 Å². The molecule has 218 valence electrons. The third-order valence-electron chi connectivity index (χ3n) is 8.41.